The van der Waals surface area contributed by atoms with E-state index < -0.39 is 0 Å². The van der Waals surface area contributed by atoms with E-state index in [1.54, 1.807) is 0 Å². The largest absolute Gasteiger partial charge is 0.361 e. The van der Waals surface area contributed by atoms with Gasteiger partial charge in [0.1, 0.15) is 0 Å². The maximum atomic E-state index is 5.23. The summed E-state index contributed by atoms with van der Waals surface area (Å²) in [6, 6.07) is 11.0. The number of likely N-dealkylation sites (tertiary alicyclic amines) is 1. The van der Waals surface area contributed by atoms with Gasteiger partial charge in [-0.3, -0.25) is 0 Å². The van der Waals surface area contributed by atoms with Crippen LogP contribution in [0.1, 0.15) is 18.5 Å². The molecular formula is C11H13NS. The van der Waals surface area contributed by atoms with E-state index in [4.69, 9.17) is 12.2 Å². The highest BCUT2D eigenvalue weighted by molar-refractivity contribution is 7.80. The summed E-state index contributed by atoms with van der Waals surface area (Å²) in [6.07, 6.45) is 0. The molecule has 2 unspecified atom stereocenters. The zero-order valence-corrected chi connectivity index (χ0v) is 8.71. The fourth-order valence-electron chi connectivity index (χ4n) is 2.01. The minimum atomic E-state index is 0.494. The number of thiocarbonyl (C=S) groups is 1. The van der Waals surface area contributed by atoms with Crippen molar-refractivity contribution >= 4 is 17.2 Å². The monoisotopic (exact) mass is 191 g/mol. The third-order valence-corrected chi connectivity index (χ3v) is 3.43. The Bertz CT molecular complexity index is 308. The van der Waals surface area contributed by atoms with Crippen molar-refractivity contribution in [3.63, 3.8) is 0 Å². The van der Waals surface area contributed by atoms with Crippen LogP contribution in [0.15, 0.2) is 30.3 Å². The van der Waals surface area contributed by atoms with E-state index >= 15 is 0 Å². The molecule has 0 N–H and O–H groups in total. The molecule has 0 amide bonds. The first kappa shape index (κ1) is 8.70. The second-order valence-electron chi connectivity index (χ2n) is 3.59. The van der Waals surface area contributed by atoms with Gasteiger partial charge < -0.3 is 4.90 Å². The van der Waals surface area contributed by atoms with Gasteiger partial charge in [-0.05, 0) is 5.56 Å². The molecule has 2 rings (SSSR count). The molecule has 13 heavy (non-hydrogen) atoms. The van der Waals surface area contributed by atoms with Crippen molar-refractivity contribution in [2.24, 2.45) is 5.92 Å². The molecule has 1 fully saturated rings. The third-order valence-electron chi connectivity index (χ3n) is 2.77. The molecule has 0 aromatic heterocycles. The highest BCUT2D eigenvalue weighted by Crippen LogP contribution is 2.38. The van der Waals surface area contributed by atoms with Crippen molar-refractivity contribution < 1.29 is 0 Å². The van der Waals surface area contributed by atoms with Gasteiger partial charge in [0.25, 0.3) is 0 Å². The lowest BCUT2D eigenvalue weighted by Crippen LogP contribution is -2.49. The molecule has 1 aromatic carbocycles. The Morgan fingerprint density at radius 3 is 2.38 bits per heavy atom. The lowest BCUT2D eigenvalue weighted by atomic mass is 9.85. The molecule has 2 atom stereocenters. The molecule has 1 nitrogen and oxygen atoms in total. The predicted octanol–water partition coefficient (Wildman–Crippen LogP) is 2.64. The first-order chi connectivity index (χ1) is 6.22. The van der Waals surface area contributed by atoms with Gasteiger partial charge in [0.05, 0.1) is 11.0 Å². The molecular weight excluding hydrogens is 178 g/mol. The van der Waals surface area contributed by atoms with Crippen LogP contribution in [0.4, 0.5) is 0 Å². The molecule has 1 aliphatic rings. The van der Waals surface area contributed by atoms with Gasteiger partial charge in [-0.2, -0.15) is 0 Å². The Hall–Kier alpha value is -0.890. The molecule has 68 valence electrons. The second-order valence-corrected chi connectivity index (χ2v) is 4.01. The molecule has 2 heteroatoms. The van der Waals surface area contributed by atoms with Gasteiger partial charge in [0.2, 0.25) is 0 Å². The number of hydrogen-bond donors (Lipinski definition) is 0. The summed E-state index contributed by atoms with van der Waals surface area (Å²) in [5.41, 5.74) is 1.37. The summed E-state index contributed by atoms with van der Waals surface area (Å²) in [4.78, 5) is 3.25. The van der Waals surface area contributed by atoms with Crippen LogP contribution in [0.3, 0.4) is 0 Å². The molecule has 0 aliphatic carbocycles. The van der Waals surface area contributed by atoms with Crippen LogP contribution in [-0.2, 0) is 0 Å². The molecule has 0 saturated carbocycles. The lowest BCUT2D eigenvalue weighted by molar-refractivity contribution is 0.237. The summed E-state index contributed by atoms with van der Waals surface area (Å²) in [7, 11) is 2.07. The summed E-state index contributed by atoms with van der Waals surface area (Å²) in [5.74, 6) is 0.516. The van der Waals surface area contributed by atoms with E-state index in [2.05, 4.69) is 43.1 Å². The zero-order chi connectivity index (χ0) is 9.42. The van der Waals surface area contributed by atoms with Gasteiger partial charge in [-0.1, -0.05) is 49.5 Å². The molecule has 1 heterocycles. The average molecular weight is 191 g/mol. The van der Waals surface area contributed by atoms with Crippen LogP contribution in [0.25, 0.3) is 0 Å². The Morgan fingerprint density at radius 2 is 1.85 bits per heavy atom. The van der Waals surface area contributed by atoms with Crippen molar-refractivity contribution in [3.8, 4) is 0 Å². The number of rotatable bonds is 1. The van der Waals surface area contributed by atoms with Gasteiger partial charge in [0, 0.05) is 13.0 Å². The van der Waals surface area contributed by atoms with Crippen molar-refractivity contribution in [1.29, 1.82) is 0 Å². The van der Waals surface area contributed by atoms with Crippen LogP contribution >= 0.6 is 12.2 Å². The van der Waals surface area contributed by atoms with Crippen LogP contribution in [-0.4, -0.2) is 16.9 Å². The molecule has 0 radical (unpaired) electrons. The van der Waals surface area contributed by atoms with Crippen molar-refractivity contribution in [1.82, 2.24) is 4.90 Å². The fraction of sp³-hybridized carbons (Fsp3) is 0.364. The van der Waals surface area contributed by atoms with Crippen molar-refractivity contribution in [2.75, 3.05) is 7.05 Å². The van der Waals surface area contributed by atoms with E-state index in [1.807, 2.05) is 6.07 Å². The number of nitrogens with zero attached hydrogens (tertiary/aromatic N) is 1. The molecule has 1 saturated heterocycles. The predicted molar refractivity (Wildman–Crippen MR) is 58.7 cm³/mol. The minimum Gasteiger partial charge on any atom is -0.361 e. The second kappa shape index (κ2) is 3.11. The normalized spacial score (nSPS) is 27.2. The quantitative estimate of drug-likeness (QED) is 0.628. The Kier molecular flexibility index (Phi) is 2.08. The van der Waals surface area contributed by atoms with Crippen LogP contribution in [0, 0.1) is 5.92 Å². The summed E-state index contributed by atoms with van der Waals surface area (Å²) >= 11 is 5.23. The van der Waals surface area contributed by atoms with E-state index in [9.17, 15) is 0 Å². The highest BCUT2D eigenvalue weighted by atomic mass is 32.1. The lowest BCUT2D eigenvalue weighted by Gasteiger charge is -2.46. The molecule has 0 spiro atoms. The van der Waals surface area contributed by atoms with Gasteiger partial charge in [0.15, 0.2) is 0 Å². The van der Waals surface area contributed by atoms with Crippen molar-refractivity contribution in [3.05, 3.63) is 35.9 Å². The first-order valence-corrected chi connectivity index (χ1v) is 4.94. The molecule has 0 bridgehead atoms. The SMILES string of the molecule is CC1C(=S)N(C)C1c1ccccc1. The number of hydrogen-bond acceptors (Lipinski definition) is 1. The highest BCUT2D eigenvalue weighted by Gasteiger charge is 2.38. The smallest absolute Gasteiger partial charge is 0.0834 e. The molecule has 1 aliphatic heterocycles. The van der Waals surface area contributed by atoms with Crippen LogP contribution < -0.4 is 0 Å². The van der Waals surface area contributed by atoms with E-state index in [0.717, 1.165) is 4.99 Å². The topological polar surface area (TPSA) is 3.24 Å². The van der Waals surface area contributed by atoms with E-state index in [-0.39, 0.29) is 0 Å². The van der Waals surface area contributed by atoms with Crippen LogP contribution in [0.2, 0.25) is 0 Å². The van der Waals surface area contributed by atoms with Gasteiger partial charge in [-0.15, -0.1) is 0 Å². The maximum absolute atomic E-state index is 5.23. The summed E-state index contributed by atoms with van der Waals surface area (Å²) in [6.45, 7) is 2.19. The first-order valence-electron chi connectivity index (χ1n) is 4.53. The Labute approximate surface area is 84.4 Å². The van der Waals surface area contributed by atoms with Gasteiger partial charge >= 0.3 is 0 Å². The zero-order valence-electron chi connectivity index (χ0n) is 7.90. The Balaban J connectivity index is 2.25. The van der Waals surface area contributed by atoms with E-state index in [1.165, 1.54) is 5.56 Å². The third kappa shape index (κ3) is 1.25. The fourth-order valence-corrected chi connectivity index (χ4v) is 2.25. The Morgan fingerprint density at radius 1 is 1.23 bits per heavy atom. The average Bonchev–Trinajstić information content (AvgIpc) is 2.19. The number of benzene rings is 1. The maximum Gasteiger partial charge on any atom is 0.0834 e. The van der Waals surface area contributed by atoms with Crippen LogP contribution in [0.5, 0.6) is 0 Å². The van der Waals surface area contributed by atoms with E-state index in [0.29, 0.717) is 12.0 Å². The minimum absolute atomic E-state index is 0.494. The standard InChI is InChI=1S/C11H13NS/c1-8-10(12(2)11(8)13)9-6-4-3-5-7-9/h3-8,10H,1-2H3. The van der Waals surface area contributed by atoms with Gasteiger partial charge in [-0.25, -0.2) is 0 Å². The summed E-state index contributed by atoms with van der Waals surface area (Å²) in [5, 5.41) is 0. The molecule has 1 aromatic rings. The van der Waals surface area contributed by atoms with Crippen molar-refractivity contribution in [2.45, 2.75) is 13.0 Å². The summed E-state index contributed by atoms with van der Waals surface area (Å²) < 4.78 is 0.